The van der Waals surface area contributed by atoms with Gasteiger partial charge < -0.3 is 15.9 Å². The monoisotopic (exact) mass is 271 g/mol. The van der Waals surface area contributed by atoms with Crippen LogP contribution in [0.2, 0.25) is 0 Å². The first-order valence-electron chi connectivity index (χ1n) is 5.65. The molecule has 5 nitrogen and oxygen atoms in total. The normalized spacial score (nSPS) is 14.1. The second-order valence-electron chi connectivity index (χ2n) is 4.15. The summed E-state index contributed by atoms with van der Waals surface area (Å²) in [5.74, 6) is 4.75. The summed E-state index contributed by atoms with van der Waals surface area (Å²) in [6, 6.07) is 5.80. The van der Waals surface area contributed by atoms with E-state index in [0.29, 0.717) is 5.56 Å². The molecule has 1 rings (SSSR count). The topological polar surface area (TPSA) is 101 Å². The Morgan fingerprint density at radius 1 is 1.35 bits per heavy atom. The minimum Gasteiger partial charge on any atom is -0.479 e. The summed E-state index contributed by atoms with van der Waals surface area (Å²) in [5, 5.41) is 18.5. The summed E-state index contributed by atoms with van der Waals surface area (Å²) in [5.41, 5.74) is 3.79. The van der Waals surface area contributed by atoms with Gasteiger partial charge in [0.2, 0.25) is 5.54 Å². The van der Waals surface area contributed by atoms with Gasteiger partial charge in [0.05, 0.1) is 6.10 Å². The SMILES string of the molecule is C#CC#Cc1ccc(C(=O)[C@@](N)(C(=O)O)C(C)O)cc1. The molecule has 0 bridgehead atoms. The van der Waals surface area contributed by atoms with E-state index in [4.69, 9.17) is 17.3 Å². The number of nitrogens with two attached hydrogens (primary N) is 1. The van der Waals surface area contributed by atoms with E-state index < -0.39 is 23.4 Å². The fraction of sp³-hybridized carbons (Fsp3) is 0.200. The number of terminal acetylenes is 1. The highest BCUT2D eigenvalue weighted by Crippen LogP contribution is 2.16. The lowest BCUT2D eigenvalue weighted by Gasteiger charge is -2.26. The van der Waals surface area contributed by atoms with Crippen LogP contribution in [0, 0.1) is 24.2 Å². The van der Waals surface area contributed by atoms with E-state index in [2.05, 4.69) is 17.8 Å². The second-order valence-corrected chi connectivity index (χ2v) is 4.15. The van der Waals surface area contributed by atoms with Crippen molar-refractivity contribution in [2.45, 2.75) is 18.6 Å². The molecule has 0 heterocycles. The number of carbonyl (C=O) groups is 2. The number of carboxylic acids is 1. The molecule has 4 N–H and O–H groups in total. The van der Waals surface area contributed by atoms with Crippen LogP contribution in [0.4, 0.5) is 0 Å². The zero-order valence-corrected chi connectivity index (χ0v) is 10.8. The van der Waals surface area contributed by atoms with Crippen LogP contribution in [0.5, 0.6) is 0 Å². The van der Waals surface area contributed by atoms with Gasteiger partial charge in [-0.15, -0.1) is 6.42 Å². The maximum Gasteiger partial charge on any atom is 0.334 e. The van der Waals surface area contributed by atoms with Crippen molar-refractivity contribution >= 4 is 11.8 Å². The number of aliphatic hydroxyl groups is 1. The largest absolute Gasteiger partial charge is 0.479 e. The molecule has 2 atom stereocenters. The van der Waals surface area contributed by atoms with Crippen LogP contribution in [0.1, 0.15) is 22.8 Å². The molecule has 0 fully saturated rings. The lowest BCUT2D eigenvalue weighted by molar-refractivity contribution is -0.144. The number of hydrogen-bond donors (Lipinski definition) is 3. The number of aliphatic carboxylic acids is 1. The number of hydrogen-bond acceptors (Lipinski definition) is 4. The van der Waals surface area contributed by atoms with Crippen LogP contribution in [0.25, 0.3) is 0 Å². The highest BCUT2D eigenvalue weighted by molar-refractivity contribution is 6.16. The predicted octanol–water partition coefficient (Wildman–Crippen LogP) is 0.0169. The van der Waals surface area contributed by atoms with Gasteiger partial charge in [0, 0.05) is 11.1 Å². The first-order chi connectivity index (χ1) is 9.33. The molecule has 0 amide bonds. The Hall–Kier alpha value is -2.60. The molecule has 1 aromatic rings. The van der Waals surface area contributed by atoms with Crippen LogP contribution >= 0.6 is 0 Å². The van der Waals surface area contributed by atoms with Gasteiger partial charge >= 0.3 is 5.97 Å². The van der Waals surface area contributed by atoms with Gasteiger partial charge in [-0.3, -0.25) is 4.79 Å². The van der Waals surface area contributed by atoms with Crippen molar-refractivity contribution in [2.75, 3.05) is 0 Å². The summed E-state index contributed by atoms with van der Waals surface area (Å²) in [7, 11) is 0. The van der Waals surface area contributed by atoms with E-state index in [1.54, 1.807) is 0 Å². The highest BCUT2D eigenvalue weighted by atomic mass is 16.4. The minimum absolute atomic E-state index is 0.0713. The smallest absolute Gasteiger partial charge is 0.334 e. The van der Waals surface area contributed by atoms with Crippen LogP contribution in [0.15, 0.2) is 24.3 Å². The lowest BCUT2D eigenvalue weighted by Crippen LogP contribution is -2.62. The Balaban J connectivity index is 3.15. The van der Waals surface area contributed by atoms with Crippen molar-refractivity contribution in [1.82, 2.24) is 0 Å². The molecule has 0 aliphatic carbocycles. The van der Waals surface area contributed by atoms with Gasteiger partial charge in [-0.1, -0.05) is 18.1 Å². The van der Waals surface area contributed by atoms with Crippen molar-refractivity contribution in [2.24, 2.45) is 5.73 Å². The summed E-state index contributed by atoms with van der Waals surface area (Å²) >= 11 is 0. The highest BCUT2D eigenvalue weighted by Gasteiger charge is 2.47. The predicted molar refractivity (Wildman–Crippen MR) is 72.7 cm³/mol. The van der Waals surface area contributed by atoms with Crippen molar-refractivity contribution in [1.29, 1.82) is 0 Å². The number of rotatable bonds is 4. The van der Waals surface area contributed by atoms with Crippen molar-refractivity contribution in [3.8, 4) is 24.2 Å². The number of ketones is 1. The fourth-order valence-electron chi connectivity index (χ4n) is 1.52. The van der Waals surface area contributed by atoms with E-state index in [0.717, 1.165) is 6.92 Å². The molecule has 5 heteroatoms. The Bertz CT molecular complexity index is 629. The summed E-state index contributed by atoms with van der Waals surface area (Å²) in [6.07, 6.45) is 3.46. The molecule has 1 unspecified atom stereocenters. The van der Waals surface area contributed by atoms with E-state index in [1.807, 2.05) is 0 Å². The van der Waals surface area contributed by atoms with E-state index in [-0.39, 0.29) is 5.56 Å². The van der Waals surface area contributed by atoms with Crippen LogP contribution in [-0.2, 0) is 4.79 Å². The van der Waals surface area contributed by atoms with Crippen LogP contribution in [-0.4, -0.2) is 33.6 Å². The first kappa shape index (κ1) is 15.5. The van der Waals surface area contributed by atoms with Crippen molar-refractivity contribution < 1.29 is 19.8 Å². The molecular formula is C15H13NO4. The molecule has 0 spiro atoms. The Morgan fingerprint density at radius 3 is 2.30 bits per heavy atom. The summed E-state index contributed by atoms with van der Waals surface area (Å²) in [6.45, 7) is 1.15. The molecule has 0 aromatic heterocycles. The molecule has 102 valence electrons. The number of carbonyl (C=O) groups excluding carboxylic acids is 1. The average molecular weight is 271 g/mol. The van der Waals surface area contributed by atoms with Crippen LogP contribution in [0.3, 0.4) is 0 Å². The maximum absolute atomic E-state index is 12.1. The van der Waals surface area contributed by atoms with E-state index in [9.17, 15) is 14.7 Å². The van der Waals surface area contributed by atoms with E-state index >= 15 is 0 Å². The maximum atomic E-state index is 12.1. The van der Waals surface area contributed by atoms with E-state index in [1.165, 1.54) is 24.3 Å². The summed E-state index contributed by atoms with van der Waals surface area (Å²) in [4.78, 5) is 23.3. The quantitative estimate of drug-likeness (QED) is 0.407. The number of aliphatic hydroxyl groups excluding tert-OH is 1. The average Bonchev–Trinajstić information content (AvgIpc) is 2.43. The number of carboxylic acid groups (broad SMARTS) is 1. The zero-order chi connectivity index (χ0) is 15.3. The minimum atomic E-state index is -2.38. The van der Waals surface area contributed by atoms with Gasteiger partial charge in [0.15, 0.2) is 5.78 Å². The lowest BCUT2D eigenvalue weighted by atomic mass is 9.85. The molecule has 1 aromatic carbocycles. The molecule has 0 aliphatic heterocycles. The third-order valence-electron chi connectivity index (χ3n) is 2.81. The van der Waals surface area contributed by atoms with Gasteiger partial charge in [0.1, 0.15) is 0 Å². The molecule has 0 aliphatic rings. The molecule has 0 saturated carbocycles. The number of benzene rings is 1. The molecular weight excluding hydrogens is 258 g/mol. The van der Waals surface area contributed by atoms with Gasteiger partial charge in [-0.05, 0) is 30.9 Å². The molecule has 0 radical (unpaired) electrons. The molecule has 20 heavy (non-hydrogen) atoms. The standard InChI is InChI=1S/C15H13NO4/c1-3-4-5-11-6-8-12(9-7-11)13(18)15(16,10(2)17)14(19)20/h1,6-10,17H,16H2,2H3,(H,19,20)/t10?,15-/m1/s1. The Morgan fingerprint density at radius 2 is 1.90 bits per heavy atom. The van der Waals surface area contributed by atoms with Crippen molar-refractivity contribution in [3.05, 3.63) is 35.4 Å². The Kier molecular flexibility index (Phi) is 4.66. The Labute approximate surface area is 116 Å². The van der Waals surface area contributed by atoms with Crippen LogP contribution < -0.4 is 5.73 Å². The second kappa shape index (κ2) is 6.03. The first-order valence-corrected chi connectivity index (χ1v) is 5.65. The summed E-state index contributed by atoms with van der Waals surface area (Å²) < 4.78 is 0. The third kappa shape index (κ3) is 2.86. The fourth-order valence-corrected chi connectivity index (χ4v) is 1.52. The zero-order valence-electron chi connectivity index (χ0n) is 10.8. The van der Waals surface area contributed by atoms with Crippen molar-refractivity contribution in [3.63, 3.8) is 0 Å². The molecule has 0 saturated heterocycles. The van der Waals surface area contributed by atoms with Gasteiger partial charge in [0.25, 0.3) is 0 Å². The number of Topliss-reactive ketones (excluding diaryl/α,β-unsaturated/α-hetero) is 1. The third-order valence-corrected chi connectivity index (χ3v) is 2.81. The van der Waals surface area contributed by atoms with Gasteiger partial charge in [-0.25, -0.2) is 4.79 Å². The van der Waals surface area contributed by atoms with Gasteiger partial charge in [-0.2, -0.15) is 0 Å².